The maximum absolute atomic E-state index is 13.0. The van der Waals surface area contributed by atoms with Crippen LogP contribution in [0, 0.1) is 5.82 Å². The molecule has 0 aromatic heterocycles. The molecule has 0 unspecified atom stereocenters. The number of ether oxygens (including phenoxy) is 1. The second kappa shape index (κ2) is 8.20. The van der Waals surface area contributed by atoms with Gasteiger partial charge in [-0.15, -0.1) is 0 Å². The molecule has 1 fully saturated rings. The zero-order valence-electron chi connectivity index (χ0n) is 15.3. The summed E-state index contributed by atoms with van der Waals surface area (Å²) in [6.07, 6.45) is 0.610. The monoisotopic (exact) mass is 405 g/mol. The Morgan fingerprint density at radius 3 is 2.07 bits per heavy atom. The Kier molecular flexibility index (Phi) is 5.90. The van der Waals surface area contributed by atoms with E-state index >= 15 is 0 Å². The highest BCUT2D eigenvalue weighted by Crippen LogP contribution is 2.21. The van der Waals surface area contributed by atoms with Gasteiger partial charge in [-0.25, -0.2) is 17.6 Å². The van der Waals surface area contributed by atoms with Gasteiger partial charge in [0.05, 0.1) is 10.5 Å². The van der Waals surface area contributed by atoms with E-state index < -0.39 is 33.7 Å². The lowest BCUT2D eigenvalue weighted by atomic mass is 10.1. The van der Waals surface area contributed by atoms with Gasteiger partial charge in [-0.3, -0.25) is 4.79 Å². The molecule has 1 aliphatic rings. The Morgan fingerprint density at radius 1 is 0.964 bits per heavy atom. The number of rotatable bonds is 6. The summed E-state index contributed by atoms with van der Waals surface area (Å²) in [5.41, 5.74) is 0.368. The van der Waals surface area contributed by atoms with Crippen LogP contribution in [0.5, 0.6) is 0 Å². The Bertz CT molecular complexity index is 965. The largest absolute Gasteiger partial charge is 0.451 e. The van der Waals surface area contributed by atoms with Crippen LogP contribution < -0.4 is 0 Å². The van der Waals surface area contributed by atoms with E-state index in [1.807, 2.05) is 0 Å². The van der Waals surface area contributed by atoms with E-state index in [0.29, 0.717) is 13.1 Å². The van der Waals surface area contributed by atoms with Crippen LogP contribution in [0.2, 0.25) is 0 Å². The number of sulfonamides is 1. The molecule has 2 aromatic rings. The molecule has 1 atom stereocenters. The number of hydrogen-bond donors (Lipinski definition) is 0. The van der Waals surface area contributed by atoms with Crippen molar-refractivity contribution in [2.24, 2.45) is 0 Å². The van der Waals surface area contributed by atoms with Gasteiger partial charge >= 0.3 is 5.97 Å². The average Bonchev–Trinajstić information content (AvgIpc) is 3.24. The minimum atomic E-state index is -3.56. The third-order valence-electron chi connectivity index (χ3n) is 4.57. The molecule has 0 bridgehead atoms. The van der Waals surface area contributed by atoms with Crippen LogP contribution in [0.15, 0.2) is 53.4 Å². The maximum atomic E-state index is 13.0. The van der Waals surface area contributed by atoms with Gasteiger partial charge in [-0.1, -0.05) is 0 Å². The van der Waals surface area contributed by atoms with E-state index in [0.717, 1.165) is 25.0 Å². The quantitative estimate of drug-likeness (QED) is 0.545. The molecule has 148 valence electrons. The first kappa shape index (κ1) is 20.2. The molecule has 2 aromatic carbocycles. The molecule has 3 rings (SSSR count). The van der Waals surface area contributed by atoms with E-state index in [-0.39, 0.29) is 16.0 Å². The Labute approximate surface area is 163 Å². The molecule has 6 nitrogen and oxygen atoms in total. The first-order valence-electron chi connectivity index (χ1n) is 8.90. The highest BCUT2D eigenvalue weighted by molar-refractivity contribution is 7.89. The van der Waals surface area contributed by atoms with Gasteiger partial charge in [-0.2, -0.15) is 4.31 Å². The summed E-state index contributed by atoms with van der Waals surface area (Å²) in [5.74, 6) is -1.67. The summed E-state index contributed by atoms with van der Waals surface area (Å²) < 4.78 is 44.5. The van der Waals surface area contributed by atoms with Crippen LogP contribution in [0.3, 0.4) is 0 Å². The molecule has 0 aliphatic carbocycles. The van der Waals surface area contributed by atoms with Crippen molar-refractivity contribution in [2.45, 2.75) is 30.8 Å². The van der Waals surface area contributed by atoms with Gasteiger partial charge < -0.3 is 4.74 Å². The van der Waals surface area contributed by atoms with Gasteiger partial charge in [0.2, 0.25) is 15.8 Å². The summed E-state index contributed by atoms with van der Waals surface area (Å²) in [6, 6.07) is 10.4. The lowest BCUT2D eigenvalue weighted by Gasteiger charge is -2.16. The fourth-order valence-corrected chi connectivity index (χ4v) is 4.49. The minimum Gasteiger partial charge on any atom is -0.451 e. The van der Waals surface area contributed by atoms with Crippen LogP contribution in [0.25, 0.3) is 0 Å². The zero-order chi connectivity index (χ0) is 20.3. The van der Waals surface area contributed by atoms with Crippen molar-refractivity contribution in [1.29, 1.82) is 0 Å². The molecule has 0 spiro atoms. The number of Topliss-reactive ketones (excluding diaryl/α,β-unsaturated/α-hetero) is 1. The number of ketones is 1. The van der Waals surface area contributed by atoms with E-state index in [1.165, 1.54) is 47.6 Å². The number of halogens is 1. The summed E-state index contributed by atoms with van der Waals surface area (Å²) in [4.78, 5) is 24.7. The lowest BCUT2D eigenvalue weighted by Crippen LogP contribution is -2.28. The van der Waals surface area contributed by atoms with Crippen molar-refractivity contribution in [3.8, 4) is 0 Å². The third-order valence-corrected chi connectivity index (χ3v) is 6.49. The van der Waals surface area contributed by atoms with Crippen LogP contribution >= 0.6 is 0 Å². The predicted molar refractivity (Wildman–Crippen MR) is 100 cm³/mol. The fourth-order valence-electron chi connectivity index (χ4n) is 2.97. The second-order valence-electron chi connectivity index (χ2n) is 6.55. The molecule has 0 N–H and O–H groups in total. The highest BCUT2D eigenvalue weighted by Gasteiger charge is 2.27. The molecule has 0 radical (unpaired) electrons. The number of nitrogens with zero attached hydrogens (tertiary/aromatic N) is 1. The number of carbonyl (C=O) groups is 2. The highest BCUT2D eigenvalue weighted by atomic mass is 32.2. The van der Waals surface area contributed by atoms with Gasteiger partial charge in [0.15, 0.2) is 6.10 Å². The zero-order valence-corrected chi connectivity index (χ0v) is 16.1. The van der Waals surface area contributed by atoms with Crippen LogP contribution in [0.4, 0.5) is 4.39 Å². The van der Waals surface area contributed by atoms with Crippen molar-refractivity contribution in [3.05, 3.63) is 65.5 Å². The third kappa shape index (κ3) is 4.28. The molecule has 0 saturated carbocycles. The van der Waals surface area contributed by atoms with Gasteiger partial charge in [0, 0.05) is 18.7 Å². The van der Waals surface area contributed by atoms with Crippen LogP contribution in [-0.2, 0) is 14.8 Å². The van der Waals surface area contributed by atoms with Crippen molar-refractivity contribution >= 4 is 21.8 Å². The van der Waals surface area contributed by atoms with Crippen molar-refractivity contribution in [1.82, 2.24) is 4.31 Å². The summed E-state index contributed by atoms with van der Waals surface area (Å²) in [6.45, 7) is 2.42. The molecule has 1 saturated heterocycles. The van der Waals surface area contributed by atoms with E-state index in [4.69, 9.17) is 4.74 Å². The molecule has 0 amide bonds. The minimum absolute atomic E-state index is 0.112. The molecule has 1 heterocycles. The summed E-state index contributed by atoms with van der Waals surface area (Å²) in [5, 5.41) is 0. The average molecular weight is 405 g/mol. The molecule has 1 aliphatic heterocycles. The van der Waals surface area contributed by atoms with Crippen molar-refractivity contribution in [2.75, 3.05) is 13.1 Å². The second-order valence-corrected chi connectivity index (χ2v) is 8.49. The van der Waals surface area contributed by atoms with Crippen molar-refractivity contribution < 1.29 is 27.1 Å². The molecule has 8 heteroatoms. The SMILES string of the molecule is C[C@@H](OC(=O)c1ccc(S(=O)(=O)N2CCCC2)cc1)C(=O)c1ccc(F)cc1. The molecular weight excluding hydrogens is 385 g/mol. The number of esters is 1. The normalized spacial score (nSPS) is 15.9. The fraction of sp³-hybridized carbons (Fsp3) is 0.300. The van der Waals surface area contributed by atoms with Gasteiger partial charge in [-0.05, 0) is 68.3 Å². The smallest absolute Gasteiger partial charge is 0.338 e. The number of carbonyl (C=O) groups excluding carboxylic acids is 2. The van der Waals surface area contributed by atoms with E-state index in [1.54, 1.807) is 0 Å². The first-order chi connectivity index (χ1) is 13.3. The number of hydrogen-bond acceptors (Lipinski definition) is 5. The van der Waals surface area contributed by atoms with Crippen LogP contribution in [-0.4, -0.2) is 43.7 Å². The Morgan fingerprint density at radius 2 is 1.50 bits per heavy atom. The first-order valence-corrected chi connectivity index (χ1v) is 10.3. The number of benzene rings is 2. The standard InChI is InChI=1S/C20H20FNO5S/c1-14(19(23)15-4-8-17(21)9-5-15)27-20(24)16-6-10-18(11-7-16)28(25,26)22-12-2-3-13-22/h4-11,14H,2-3,12-13H2,1H3/t14-/m1/s1. The maximum Gasteiger partial charge on any atom is 0.338 e. The van der Waals surface area contributed by atoms with E-state index in [9.17, 15) is 22.4 Å². The van der Waals surface area contributed by atoms with Crippen molar-refractivity contribution in [3.63, 3.8) is 0 Å². The Hall–Kier alpha value is -2.58. The molecular formula is C20H20FNO5S. The van der Waals surface area contributed by atoms with Gasteiger partial charge in [0.1, 0.15) is 5.82 Å². The topological polar surface area (TPSA) is 80.8 Å². The lowest BCUT2D eigenvalue weighted by molar-refractivity contribution is 0.0318. The summed E-state index contributed by atoms with van der Waals surface area (Å²) >= 11 is 0. The molecule has 28 heavy (non-hydrogen) atoms. The van der Waals surface area contributed by atoms with E-state index in [2.05, 4.69) is 0 Å². The van der Waals surface area contributed by atoms with Gasteiger partial charge in [0.25, 0.3) is 0 Å². The predicted octanol–water partition coefficient (Wildman–Crippen LogP) is 3.04. The van der Waals surface area contributed by atoms with Crippen LogP contribution in [0.1, 0.15) is 40.5 Å². The summed E-state index contributed by atoms with van der Waals surface area (Å²) in [7, 11) is -3.56. The Balaban J connectivity index is 1.67.